The fourth-order valence-corrected chi connectivity index (χ4v) is 2.90. The number of carbonyl (C=O) groups is 2. The van der Waals surface area contributed by atoms with Gasteiger partial charge in [-0.15, -0.1) is 0 Å². The maximum absolute atomic E-state index is 12.4. The number of nitrogens with one attached hydrogen (secondary N) is 2. The molecule has 3 amide bonds. The molecule has 0 aromatic heterocycles. The molecule has 1 saturated heterocycles. The highest BCUT2D eigenvalue weighted by Gasteiger charge is 2.51. The van der Waals surface area contributed by atoms with Crippen molar-refractivity contribution in [3.05, 3.63) is 0 Å². The van der Waals surface area contributed by atoms with Crippen LogP contribution in [-0.2, 0) is 4.79 Å². The van der Waals surface area contributed by atoms with Crippen LogP contribution in [0.3, 0.4) is 0 Å². The molecule has 2 fully saturated rings. The van der Waals surface area contributed by atoms with Crippen molar-refractivity contribution in [1.82, 2.24) is 15.5 Å². The third-order valence-electron chi connectivity index (χ3n) is 3.92. The summed E-state index contributed by atoms with van der Waals surface area (Å²) in [5, 5.41) is 6.27. The molecule has 1 aliphatic heterocycles. The Bertz CT molecular complexity index is 367. The highest BCUT2D eigenvalue weighted by atomic mass is 16.2. The normalized spacial score (nSPS) is 22.4. The first-order valence-electron chi connectivity index (χ1n) is 7.23. The maximum atomic E-state index is 12.4. The number of hydrogen-bond donors (Lipinski definition) is 2. The summed E-state index contributed by atoms with van der Waals surface area (Å²) in [7, 11) is 0. The van der Waals surface area contributed by atoms with Gasteiger partial charge in [-0.3, -0.25) is 9.69 Å². The minimum atomic E-state index is -0.561. The molecule has 0 bridgehead atoms. The molecule has 0 unspecified atom stereocenters. The summed E-state index contributed by atoms with van der Waals surface area (Å²) in [6.45, 7) is 7.64. The summed E-state index contributed by atoms with van der Waals surface area (Å²) in [5.74, 6) is -0.00856. The highest BCUT2D eigenvalue weighted by Crippen LogP contribution is 2.34. The van der Waals surface area contributed by atoms with Crippen molar-refractivity contribution in [3.8, 4) is 0 Å². The van der Waals surface area contributed by atoms with Crippen molar-refractivity contribution in [2.75, 3.05) is 13.1 Å². The quantitative estimate of drug-likeness (QED) is 0.601. The molecule has 0 atom stereocenters. The zero-order valence-electron chi connectivity index (χ0n) is 12.2. The van der Waals surface area contributed by atoms with Crippen molar-refractivity contribution in [3.63, 3.8) is 0 Å². The summed E-state index contributed by atoms with van der Waals surface area (Å²) in [5.41, 5.74) is -0.488. The molecule has 1 spiro atoms. The molecule has 19 heavy (non-hydrogen) atoms. The van der Waals surface area contributed by atoms with Gasteiger partial charge < -0.3 is 10.6 Å². The van der Waals surface area contributed by atoms with Crippen LogP contribution < -0.4 is 10.6 Å². The highest BCUT2D eigenvalue weighted by molar-refractivity contribution is 6.07. The number of hydrogen-bond acceptors (Lipinski definition) is 3. The molecule has 2 aliphatic rings. The van der Waals surface area contributed by atoms with E-state index in [1.54, 1.807) is 0 Å². The van der Waals surface area contributed by atoms with E-state index in [-0.39, 0.29) is 17.5 Å². The van der Waals surface area contributed by atoms with E-state index < -0.39 is 5.54 Å². The fourth-order valence-electron chi connectivity index (χ4n) is 2.90. The Morgan fingerprint density at radius 3 is 2.47 bits per heavy atom. The lowest BCUT2D eigenvalue weighted by atomic mass is 9.98. The minimum absolute atomic E-state index is 0.00856. The Kier molecular flexibility index (Phi) is 3.85. The summed E-state index contributed by atoms with van der Waals surface area (Å²) >= 11 is 0. The number of carbonyl (C=O) groups excluding carboxylic acids is 2. The predicted octanol–water partition coefficient (Wildman–Crippen LogP) is 1.63. The first-order valence-corrected chi connectivity index (χ1v) is 7.23. The molecule has 0 aromatic rings. The zero-order chi connectivity index (χ0) is 14.1. The van der Waals surface area contributed by atoms with Crippen LogP contribution in [-0.4, -0.2) is 41.0 Å². The second-order valence-corrected chi connectivity index (χ2v) is 6.71. The molecule has 0 radical (unpaired) electrons. The summed E-state index contributed by atoms with van der Waals surface area (Å²) in [4.78, 5) is 25.7. The van der Waals surface area contributed by atoms with Gasteiger partial charge in [0.1, 0.15) is 5.54 Å². The molecule has 1 saturated carbocycles. The van der Waals surface area contributed by atoms with Gasteiger partial charge in [0.05, 0.1) is 0 Å². The standard InChI is InChI=1S/C14H25N3O2/c1-13(2,3)15-9-6-10-17-11(18)14(16-12(17)19)7-4-5-8-14/h15H,4-10H2,1-3H3,(H,16,19). The molecule has 0 aromatic carbocycles. The molecule has 5 heteroatoms. The second-order valence-electron chi connectivity index (χ2n) is 6.71. The fraction of sp³-hybridized carbons (Fsp3) is 0.857. The van der Waals surface area contributed by atoms with Gasteiger partial charge in [0.15, 0.2) is 0 Å². The van der Waals surface area contributed by atoms with Crippen molar-refractivity contribution < 1.29 is 9.59 Å². The van der Waals surface area contributed by atoms with Crippen molar-refractivity contribution in [2.45, 2.75) is 64.0 Å². The van der Waals surface area contributed by atoms with Crippen LogP contribution in [0.4, 0.5) is 4.79 Å². The first-order chi connectivity index (χ1) is 8.84. The molecule has 2 N–H and O–H groups in total. The molecular weight excluding hydrogens is 242 g/mol. The van der Waals surface area contributed by atoms with Crippen LogP contribution in [0.25, 0.3) is 0 Å². The third-order valence-corrected chi connectivity index (χ3v) is 3.92. The van der Waals surface area contributed by atoms with Gasteiger partial charge in [0, 0.05) is 12.1 Å². The van der Waals surface area contributed by atoms with Crippen molar-refractivity contribution in [1.29, 1.82) is 0 Å². The van der Waals surface area contributed by atoms with Gasteiger partial charge in [-0.2, -0.15) is 0 Å². The van der Waals surface area contributed by atoms with Crippen molar-refractivity contribution >= 4 is 11.9 Å². The number of urea groups is 1. The second kappa shape index (κ2) is 5.12. The average molecular weight is 267 g/mol. The van der Waals surface area contributed by atoms with Gasteiger partial charge in [0.2, 0.25) is 0 Å². The number of rotatable bonds is 4. The molecule has 2 rings (SSSR count). The van der Waals surface area contributed by atoms with Gasteiger partial charge in [-0.05, 0) is 46.6 Å². The molecule has 1 aliphatic carbocycles. The van der Waals surface area contributed by atoms with Crippen LogP contribution in [0, 0.1) is 0 Å². The third kappa shape index (κ3) is 3.08. The van der Waals surface area contributed by atoms with Crippen LogP contribution >= 0.6 is 0 Å². The Balaban J connectivity index is 1.84. The van der Waals surface area contributed by atoms with E-state index in [1.807, 2.05) is 0 Å². The lowest BCUT2D eigenvalue weighted by molar-refractivity contribution is -0.131. The van der Waals surface area contributed by atoms with Crippen LogP contribution in [0.15, 0.2) is 0 Å². The van der Waals surface area contributed by atoms with Gasteiger partial charge in [0.25, 0.3) is 5.91 Å². The summed E-state index contributed by atoms with van der Waals surface area (Å²) in [6, 6.07) is -0.206. The van der Waals surface area contributed by atoms with Crippen LogP contribution in [0.2, 0.25) is 0 Å². The average Bonchev–Trinajstić information content (AvgIpc) is 2.84. The predicted molar refractivity (Wildman–Crippen MR) is 73.8 cm³/mol. The van der Waals surface area contributed by atoms with Crippen molar-refractivity contribution in [2.24, 2.45) is 0 Å². The zero-order valence-corrected chi connectivity index (χ0v) is 12.2. The van der Waals surface area contributed by atoms with E-state index in [1.165, 1.54) is 4.90 Å². The first kappa shape index (κ1) is 14.3. The Hall–Kier alpha value is -1.10. The topological polar surface area (TPSA) is 61.4 Å². The lowest BCUT2D eigenvalue weighted by Crippen LogP contribution is -2.44. The Morgan fingerprint density at radius 2 is 1.89 bits per heavy atom. The van der Waals surface area contributed by atoms with E-state index >= 15 is 0 Å². The lowest BCUT2D eigenvalue weighted by Gasteiger charge is -2.22. The summed E-state index contributed by atoms with van der Waals surface area (Å²) in [6.07, 6.45) is 4.46. The Labute approximate surface area is 115 Å². The molecule has 108 valence electrons. The van der Waals surface area contributed by atoms with Crippen LogP contribution in [0.5, 0.6) is 0 Å². The monoisotopic (exact) mass is 267 g/mol. The van der Waals surface area contributed by atoms with E-state index in [4.69, 9.17) is 0 Å². The SMILES string of the molecule is CC(C)(C)NCCCN1C(=O)NC2(CCCC2)C1=O. The number of amides is 3. The van der Waals surface area contributed by atoms with E-state index in [9.17, 15) is 9.59 Å². The van der Waals surface area contributed by atoms with E-state index in [0.29, 0.717) is 6.54 Å². The number of imide groups is 1. The number of nitrogens with zero attached hydrogens (tertiary/aromatic N) is 1. The van der Waals surface area contributed by atoms with Gasteiger partial charge >= 0.3 is 6.03 Å². The minimum Gasteiger partial charge on any atom is -0.323 e. The molecular formula is C14H25N3O2. The maximum Gasteiger partial charge on any atom is 0.325 e. The van der Waals surface area contributed by atoms with E-state index in [0.717, 1.165) is 38.6 Å². The largest absolute Gasteiger partial charge is 0.325 e. The Morgan fingerprint density at radius 1 is 1.26 bits per heavy atom. The van der Waals surface area contributed by atoms with Crippen LogP contribution in [0.1, 0.15) is 52.9 Å². The van der Waals surface area contributed by atoms with Gasteiger partial charge in [-0.1, -0.05) is 12.8 Å². The summed E-state index contributed by atoms with van der Waals surface area (Å²) < 4.78 is 0. The molecule has 5 nitrogen and oxygen atoms in total. The molecule has 1 heterocycles. The van der Waals surface area contributed by atoms with Gasteiger partial charge in [-0.25, -0.2) is 4.79 Å². The smallest absolute Gasteiger partial charge is 0.323 e. The van der Waals surface area contributed by atoms with E-state index in [2.05, 4.69) is 31.4 Å².